The number of nitrogens with zero attached hydrogens (tertiary/aromatic N) is 2. The minimum Gasteiger partial charge on any atom is -0.480 e. The Balaban J connectivity index is 5.47. The lowest BCUT2D eigenvalue weighted by Crippen LogP contribution is -2.55. The molecule has 0 saturated heterocycles. The van der Waals surface area contributed by atoms with Crippen molar-refractivity contribution < 1.29 is 38.7 Å². The van der Waals surface area contributed by atoms with Crippen LogP contribution in [0.1, 0.15) is 25.7 Å². The Morgan fingerprint density at radius 1 is 0.581 bits per heavy atom. The van der Waals surface area contributed by atoms with Crippen LogP contribution >= 0.6 is 0 Å². The van der Waals surface area contributed by atoms with Gasteiger partial charge in [0, 0.05) is 13.1 Å². The number of nitrogens with one attached hydrogen (secondary N) is 6. The van der Waals surface area contributed by atoms with E-state index in [9.17, 15) is 33.6 Å². The number of aliphatic carboxylic acids is 1. The summed E-state index contributed by atoms with van der Waals surface area (Å²) in [7, 11) is 0. The Morgan fingerprint density at radius 3 is 1.51 bits per heavy atom. The summed E-state index contributed by atoms with van der Waals surface area (Å²) in [6, 6.07) is -2.42. The third-order valence-electron chi connectivity index (χ3n) is 5.11. The summed E-state index contributed by atoms with van der Waals surface area (Å²) in [5, 5.41) is 22.5. The molecule has 0 aliphatic rings. The molecule has 0 saturated carbocycles. The normalized spacial score (nSPS) is 11.5. The van der Waals surface area contributed by atoms with Crippen LogP contribution in [0.3, 0.4) is 0 Å². The minimum atomic E-state index is -1.28. The first kappa shape index (κ1) is 37.8. The van der Waals surface area contributed by atoms with Crippen LogP contribution < -0.4 is 60.6 Å². The minimum absolute atomic E-state index is 0.0182. The zero-order valence-corrected chi connectivity index (χ0v) is 23.5. The van der Waals surface area contributed by atoms with Gasteiger partial charge >= 0.3 is 5.97 Å². The molecule has 0 radical (unpaired) electrons. The van der Waals surface area contributed by atoms with Crippen LogP contribution in [0.4, 0.5) is 0 Å². The van der Waals surface area contributed by atoms with E-state index in [0.717, 1.165) is 0 Å². The smallest absolute Gasteiger partial charge is 0.322 e. The monoisotopic (exact) mass is 615 g/mol. The van der Waals surface area contributed by atoms with Gasteiger partial charge in [-0.1, -0.05) is 0 Å². The first-order valence-corrected chi connectivity index (χ1v) is 12.9. The third kappa shape index (κ3) is 20.3. The fourth-order valence-corrected chi connectivity index (χ4v) is 3.08. The standard InChI is InChI=1S/C22H41N13O8/c23-7-14(36)30-8-15(37)31-10-17(39)34-13(4-2-6-29-22(26)27)20(43)35-12(3-1-5-28-21(24)25)19(42)33-9-16(38)32-11-18(40)41/h12-13H,1-11,23H2,(H,30,36)(H,31,37)(H,32,38)(H,33,42)(H,34,39)(H,35,43)(H,40,41)(H4,24,25,28)(H4,26,27,29)/t12-,13-/m0/s1. The number of aliphatic imine (C=N–C) groups is 2. The second kappa shape index (κ2) is 21.5. The van der Waals surface area contributed by atoms with Crippen molar-refractivity contribution in [2.24, 2.45) is 38.7 Å². The maximum absolute atomic E-state index is 13.2. The van der Waals surface area contributed by atoms with Gasteiger partial charge in [-0.05, 0) is 25.7 Å². The van der Waals surface area contributed by atoms with E-state index < -0.39 is 79.7 Å². The van der Waals surface area contributed by atoms with Gasteiger partial charge in [-0.3, -0.25) is 43.5 Å². The van der Waals surface area contributed by atoms with Crippen molar-refractivity contribution in [1.29, 1.82) is 0 Å². The second-order valence-electron chi connectivity index (χ2n) is 8.72. The Hall–Kier alpha value is -5.21. The number of nitrogens with two attached hydrogens (primary N) is 5. The molecule has 0 aromatic heterocycles. The highest BCUT2D eigenvalue weighted by molar-refractivity contribution is 5.94. The highest BCUT2D eigenvalue weighted by Gasteiger charge is 2.27. The van der Waals surface area contributed by atoms with Crippen LogP contribution in [0.25, 0.3) is 0 Å². The van der Waals surface area contributed by atoms with Gasteiger partial charge in [-0.25, -0.2) is 0 Å². The Morgan fingerprint density at radius 2 is 1.02 bits per heavy atom. The first-order chi connectivity index (χ1) is 20.2. The van der Waals surface area contributed by atoms with Crippen LogP contribution in [-0.4, -0.2) is 116 Å². The van der Waals surface area contributed by atoms with Crippen LogP contribution in [0.15, 0.2) is 9.98 Å². The Labute approximate surface area is 246 Å². The number of carbonyl (C=O) groups is 7. The molecule has 0 aliphatic carbocycles. The number of carboxylic acids is 1. The van der Waals surface area contributed by atoms with E-state index in [4.69, 9.17) is 33.8 Å². The molecule has 0 bridgehead atoms. The summed E-state index contributed by atoms with van der Waals surface area (Å²) in [5.74, 6) is -6.00. The number of carbonyl (C=O) groups excluding carboxylic acids is 6. The van der Waals surface area contributed by atoms with Crippen molar-refractivity contribution in [1.82, 2.24) is 31.9 Å². The lowest BCUT2D eigenvalue weighted by molar-refractivity contribution is -0.138. The number of hydrogen-bond donors (Lipinski definition) is 12. The van der Waals surface area contributed by atoms with Crippen molar-refractivity contribution in [2.45, 2.75) is 37.8 Å². The lowest BCUT2D eigenvalue weighted by atomic mass is 10.1. The summed E-state index contributed by atoms with van der Waals surface area (Å²) in [6.07, 6.45) is 0.508. The van der Waals surface area contributed by atoms with Crippen molar-refractivity contribution in [2.75, 3.05) is 45.8 Å². The zero-order valence-electron chi connectivity index (χ0n) is 23.5. The summed E-state index contributed by atoms with van der Waals surface area (Å²) in [4.78, 5) is 91.5. The van der Waals surface area contributed by atoms with Crippen molar-refractivity contribution in [3.8, 4) is 0 Å². The third-order valence-corrected chi connectivity index (χ3v) is 5.11. The molecule has 17 N–H and O–H groups in total. The lowest BCUT2D eigenvalue weighted by Gasteiger charge is -2.23. The van der Waals surface area contributed by atoms with E-state index >= 15 is 0 Å². The van der Waals surface area contributed by atoms with Gasteiger partial charge in [0.2, 0.25) is 35.4 Å². The maximum Gasteiger partial charge on any atom is 0.322 e. The number of rotatable bonds is 21. The summed E-state index contributed by atoms with van der Waals surface area (Å²) in [5.41, 5.74) is 26.4. The number of carboxylic acid groups (broad SMARTS) is 1. The predicted molar refractivity (Wildman–Crippen MR) is 152 cm³/mol. The van der Waals surface area contributed by atoms with Gasteiger partial charge in [0.25, 0.3) is 0 Å². The Bertz CT molecular complexity index is 1040. The van der Waals surface area contributed by atoms with Gasteiger partial charge in [0.1, 0.15) is 18.6 Å². The van der Waals surface area contributed by atoms with Crippen molar-refractivity contribution in [3.63, 3.8) is 0 Å². The van der Waals surface area contributed by atoms with Crippen molar-refractivity contribution in [3.05, 3.63) is 0 Å². The zero-order chi connectivity index (χ0) is 32.8. The van der Waals surface area contributed by atoms with E-state index in [0.29, 0.717) is 0 Å². The fourth-order valence-electron chi connectivity index (χ4n) is 3.08. The van der Waals surface area contributed by atoms with Crippen LogP contribution in [0, 0.1) is 0 Å². The van der Waals surface area contributed by atoms with Crippen molar-refractivity contribution >= 4 is 53.3 Å². The molecule has 0 spiro atoms. The van der Waals surface area contributed by atoms with Gasteiger partial charge in [0.15, 0.2) is 11.9 Å². The molecular weight excluding hydrogens is 574 g/mol. The molecule has 21 heteroatoms. The van der Waals surface area contributed by atoms with Crippen LogP contribution in [-0.2, 0) is 33.6 Å². The molecule has 0 fully saturated rings. The van der Waals surface area contributed by atoms with Gasteiger partial charge in [0.05, 0.1) is 26.2 Å². The first-order valence-electron chi connectivity index (χ1n) is 12.9. The number of hydrogen-bond acceptors (Lipinski definition) is 10. The molecule has 0 aromatic rings. The Kier molecular flexibility index (Phi) is 18.9. The molecule has 0 unspecified atom stereocenters. The molecule has 0 aromatic carbocycles. The summed E-state index contributed by atoms with van der Waals surface area (Å²) >= 11 is 0. The molecule has 6 amide bonds. The van der Waals surface area contributed by atoms with E-state index in [1.807, 2.05) is 0 Å². The van der Waals surface area contributed by atoms with Gasteiger partial charge in [-0.15, -0.1) is 0 Å². The number of guanidine groups is 2. The van der Waals surface area contributed by atoms with E-state index in [1.54, 1.807) is 0 Å². The summed E-state index contributed by atoms with van der Waals surface area (Å²) in [6.45, 7) is -2.28. The molecule has 2 atom stereocenters. The molecule has 0 aliphatic heterocycles. The van der Waals surface area contributed by atoms with Crippen LogP contribution in [0.2, 0.25) is 0 Å². The molecule has 0 rings (SSSR count). The predicted octanol–water partition coefficient (Wildman–Crippen LogP) is -7.43. The molecule has 0 heterocycles. The molecule has 43 heavy (non-hydrogen) atoms. The molecule has 21 nitrogen and oxygen atoms in total. The molecular formula is C22H41N13O8. The molecule has 242 valence electrons. The second-order valence-corrected chi connectivity index (χ2v) is 8.72. The highest BCUT2D eigenvalue weighted by atomic mass is 16.4. The average Bonchev–Trinajstić information content (AvgIpc) is 2.94. The fraction of sp³-hybridized carbons (Fsp3) is 0.591. The van der Waals surface area contributed by atoms with E-state index in [1.165, 1.54) is 0 Å². The largest absolute Gasteiger partial charge is 0.480 e. The van der Waals surface area contributed by atoms with Gasteiger partial charge in [-0.2, -0.15) is 0 Å². The maximum atomic E-state index is 13.2. The highest BCUT2D eigenvalue weighted by Crippen LogP contribution is 2.04. The van der Waals surface area contributed by atoms with Gasteiger partial charge < -0.3 is 65.7 Å². The SMILES string of the molecule is NCC(=O)NCC(=O)NCC(=O)N[C@@H](CCCN=C(N)N)C(=O)N[C@@H](CCCN=C(N)N)C(=O)NCC(=O)NCC(=O)O. The number of amides is 6. The summed E-state index contributed by atoms with van der Waals surface area (Å²) < 4.78 is 0. The van der Waals surface area contributed by atoms with E-state index in [2.05, 4.69) is 41.9 Å². The van der Waals surface area contributed by atoms with E-state index in [-0.39, 0.29) is 57.2 Å². The average molecular weight is 616 g/mol. The topological polar surface area (TPSA) is 367 Å². The quantitative estimate of drug-likeness (QED) is 0.0324. The van der Waals surface area contributed by atoms with Crippen LogP contribution in [0.5, 0.6) is 0 Å².